The van der Waals surface area contributed by atoms with E-state index in [0.29, 0.717) is 12.2 Å². The van der Waals surface area contributed by atoms with Gasteiger partial charge in [0.1, 0.15) is 5.75 Å². The first-order valence-corrected chi connectivity index (χ1v) is 3.64. The fourth-order valence-corrected chi connectivity index (χ4v) is 1.17. The molecule has 0 saturated carbocycles. The van der Waals surface area contributed by atoms with Crippen LogP contribution in [0, 0.1) is 0 Å². The lowest BCUT2D eigenvalue weighted by atomic mass is 10.1. The van der Waals surface area contributed by atoms with Gasteiger partial charge >= 0.3 is 5.95 Å². The number of para-hydroxylation sites is 1. The zero-order valence-corrected chi connectivity index (χ0v) is 6.32. The van der Waals surface area contributed by atoms with Gasteiger partial charge in [0.15, 0.2) is 5.76 Å². The van der Waals surface area contributed by atoms with Gasteiger partial charge in [-0.05, 0) is 6.07 Å². The summed E-state index contributed by atoms with van der Waals surface area (Å²) in [7, 11) is 0. The van der Waals surface area contributed by atoms with Gasteiger partial charge < -0.3 is 14.9 Å². The molecule has 0 atom stereocenters. The molecule has 0 spiro atoms. The van der Waals surface area contributed by atoms with Crippen molar-refractivity contribution in [3.8, 4) is 5.75 Å². The highest BCUT2D eigenvalue weighted by atomic mass is 16.6. The smallest absolute Gasteiger partial charge is 0.322 e. The third kappa shape index (κ3) is 0.993. The van der Waals surface area contributed by atoms with Crippen LogP contribution < -0.4 is 4.74 Å². The summed E-state index contributed by atoms with van der Waals surface area (Å²) in [6.07, 6.45) is 0.335. The molecular formula is C9H8O3. The van der Waals surface area contributed by atoms with Gasteiger partial charge in [-0.25, -0.2) is 0 Å². The number of fused-ring (bicyclic) bond motifs is 1. The predicted molar refractivity (Wildman–Crippen MR) is 43.1 cm³/mol. The molecule has 0 bridgehead atoms. The van der Waals surface area contributed by atoms with Gasteiger partial charge in [0.25, 0.3) is 0 Å². The summed E-state index contributed by atoms with van der Waals surface area (Å²) in [6, 6.07) is 7.27. The number of aliphatic hydroxyl groups is 2. The molecule has 0 unspecified atom stereocenters. The Morgan fingerprint density at radius 2 is 1.92 bits per heavy atom. The molecule has 1 aromatic rings. The van der Waals surface area contributed by atoms with Crippen LogP contribution in [0.5, 0.6) is 5.75 Å². The molecule has 3 nitrogen and oxygen atoms in total. The van der Waals surface area contributed by atoms with Gasteiger partial charge in [-0.15, -0.1) is 0 Å². The first-order valence-electron chi connectivity index (χ1n) is 3.64. The normalized spacial score (nSPS) is 15.3. The summed E-state index contributed by atoms with van der Waals surface area (Å²) in [5.74, 6) is 0.0928. The number of allylic oxidation sites excluding steroid dienone is 1. The van der Waals surface area contributed by atoms with Crippen LogP contribution in [-0.4, -0.2) is 10.2 Å². The fourth-order valence-electron chi connectivity index (χ4n) is 1.17. The molecule has 0 radical (unpaired) electrons. The predicted octanol–water partition coefficient (Wildman–Crippen LogP) is 1.91. The van der Waals surface area contributed by atoms with Gasteiger partial charge in [0.2, 0.25) is 0 Å². The molecule has 62 valence electrons. The standard InChI is InChI=1S/C9H8O3/c10-7-5-6-3-1-2-4-8(6)12-9(7)11/h1-4,10-11H,5H2. The lowest BCUT2D eigenvalue weighted by Gasteiger charge is -2.15. The third-order valence-corrected chi connectivity index (χ3v) is 1.78. The molecule has 0 amide bonds. The fraction of sp³-hybridized carbons (Fsp3) is 0.111. The minimum Gasteiger partial charge on any atom is -0.505 e. The minimum atomic E-state index is -0.395. The maximum Gasteiger partial charge on any atom is 0.322 e. The number of hydrogen-bond acceptors (Lipinski definition) is 3. The molecule has 0 aromatic heterocycles. The summed E-state index contributed by atoms with van der Waals surface area (Å²) in [5.41, 5.74) is 0.882. The monoisotopic (exact) mass is 164 g/mol. The maximum atomic E-state index is 9.13. The van der Waals surface area contributed by atoms with E-state index >= 15 is 0 Å². The van der Waals surface area contributed by atoms with Crippen molar-refractivity contribution in [2.45, 2.75) is 6.42 Å². The molecule has 1 aliphatic heterocycles. The average Bonchev–Trinajstić information content (AvgIpc) is 2.07. The van der Waals surface area contributed by atoms with Crippen LogP contribution in [0.1, 0.15) is 5.56 Å². The Hall–Kier alpha value is -1.64. The van der Waals surface area contributed by atoms with E-state index in [4.69, 9.17) is 14.9 Å². The molecule has 12 heavy (non-hydrogen) atoms. The molecule has 0 fully saturated rings. The van der Waals surface area contributed by atoms with Crippen molar-refractivity contribution >= 4 is 0 Å². The Kier molecular flexibility index (Phi) is 1.43. The van der Waals surface area contributed by atoms with E-state index < -0.39 is 5.95 Å². The van der Waals surface area contributed by atoms with Crippen molar-refractivity contribution in [2.24, 2.45) is 0 Å². The largest absolute Gasteiger partial charge is 0.505 e. The van der Waals surface area contributed by atoms with E-state index in [9.17, 15) is 0 Å². The zero-order valence-electron chi connectivity index (χ0n) is 6.32. The Morgan fingerprint density at radius 1 is 1.17 bits per heavy atom. The number of benzene rings is 1. The van der Waals surface area contributed by atoms with E-state index in [1.807, 2.05) is 18.2 Å². The zero-order chi connectivity index (χ0) is 8.55. The quantitative estimate of drug-likeness (QED) is 0.615. The summed E-state index contributed by atoms with van der Waals surface area (Å²) >= 11 is 0. The number of ether oxygens (including phenoxy) is 1. The molecule has 1 heterocycles. The lowest BCUT2D eigenvalue weighted by molar-refractivity contribution is 0.161. The van der Waals surface area contributed by atoms with Gasteiger partial charge in [0, 0.05) is 12.0 Å². The number of aliphatic hydroxyl groups excluding tert-OH is 2. The molecule has 2 N–H and O–H groups in total. The third-order valence-electron chi connectivity index (χ3n) is 1.78. The van der Waals surface area contributed by atoms with Gasteiger partial charge in [-0.3, -0.25) is 0 Å². The summed E-state index contributed by atoms with van der Waals surface area (Å²) in [6.45, 7) is 0. The SMILES string of the molecule is OC1=C(O)Oc2ccccc2C1. The maximum absolute atomic E-state index is 9.13. The molecule has 2 rings (SSSR count). The molecule has 3 heteroatoms. The molecule has 0 saturated heterocycles. The average molecular weight is 164 g/mol. The molecule has 1 aromatic carbocycles. The second-order valence-corrected chi connectivity index (χ2v) is 2.64. The highest BCUT2D eigenvalue weighted by Gasteiger charge is 2.17. The number of rotatable bonds is 0. The molecular weight excluding hydrogens is 156 g/mol. The first kappa shape index (κ1) is 7.03. The van der Waals surface area contributed by atoms with Crippen molar-refractivity contribution in [3.63, 3.8) is 0 Å². The van der Waals surface area contributed by atoms with E-state index in [2.05, 4.69) is 0 Å². The minimum absolute atomic E-state index is 0.117. The topological polar surface area (TPSA) is 49.7 Å². The van der Waals surface area contributed by atoms with Crippen molar-refractivity contribution in [2.75, 3.05) is 0 Å². The van der Waals surface area contributed by atoms with Crippen LogP contribution in [0.2, 0.25) is 0 Å². The van der Waals surface area contributed by atoms with Crippen LogP contribution in [0.4, 0.5) is 0 Å². The Labute approximate surface area is 69.5 Å². The van der Waals surface area contributed by atoms with Crippen LogP contribution in [0.25, 0.3) is 0 Å². The highest BCUT2D eigenvalue weighted by molar-refractivity contribution is 5.38. The summed E-state index contributed by atoms with van der Waals surface area (Å²) in [4.78, 5) is 0. The van der Waals surface area contributed by atoms with Crippen LogP contribution >= 0.6 is 0 Å². The number of hydrogen-bond donors (Lipinski definition) is 2. The summed E-state index contributed by atoms with van der Waals surface area (Å²) in [5, 5.41) is 18.2. The molecule has 0 aliphatic carbocycles. The van der Waals surface area contributed by atoms with Gasteiger partial charge in [0.05, 0.1) is 0 Å². The Balaban J connectivity index is 2.43. The van der Waals surface area contributed by atoms with E-state index in [1.165, 1.54) is 0 Å². The Bertz CT molecular complexity index is 308. The second kappa shape index (κ2) is 2.44. The van der Waals surface area contributed by atoms with Gasteiger partial charge in [-0.2, -0.15) is 0 Å². The van der Waals surface area contributed by atoms with Crippen LogP contribution in [-0.2, 0) is 6.42 Å². The van der Waals surface area contributed by atoms with E-state index in [1.54, 1.807) is 6.07 Å². The van der Waals surface area contributed by atoms with Crippen molar-refractivity contribution in [3.05, 3.63) is 41.5 Å². The first-order chi connectivity index (χ1) is 5.77. The second-order valence-electron chi connectivity index (χ2n) is 2.64. The molecule has 1 aliphatic rings. The lowest BCUT2D eigenvalue weighted by Crippen LogP contribution is -2.09. The van der Waals surface area contributed by atoms with Crippen LogP contribution in [0.3, 0.4) is 0 Å². The van der Waals surface area contributed by atoms with E-state index in [0.717, 1.165) is 5.56 Å². The van der Waals surface area contributed by atoms with E-state index in [-0.39, 0.29) is 5.76 Å². The van der Waals surface area contributed by atoms with Crippen molar-refractivity contribution < 1.29 is 14.9 Å². The summed E-state index contributed by atoms with van der Waals surface area (Å²) < 4.78 is 4.93. The van der Waals surface area contributed by atoms with Crippen molar-refractivity contribution in [1.29, 1.82) is 0 Å². The highest BCUT2D eigenvalue weighted by Crippen LogP contribution is 2.27. The van der Waals surface area contributed by atoms with Crippen LogP contribution in [0.15, 0.2) is 36.0 Å². The van der Waals surface area contributed by atoms with Crippen molar-refractivity contribution in [1.82, 2.24) is 0 Å². The Morgan fingerprint density at radius 3 is 2.75 bits per heavy atom. The van der Waals surface area contributed by atoms with Gasteiger partial charge in [-0.1, -0.05) is 18.2 Å².